The molecule has 0 spiro atoms. The number of pyridine rings is 4. The van der Waals surface area contributed by atoms with E-state index in [1.54, 1.807) is 49.9 Å². The number of benzene rings is 4. The van der Waals surface area contributed by atoms with Crippen molar-refractivity contribution in [2.24, 2.45) is 0 Å². The Bertz CT molecular complexity index is 2670. The van der Waals surface area contributed by atoms with Crippen molar-refractivity contribution in [3.63, 3.8) is 0 Å². The monoisotopic (exact) mass is 818 g/mol. The summed E-state index contributed by atoms with van der Waals surface area (Å²) in [6, 6.07) is 30.8. The molecule has 0 saturated carbocycles. The minimum Gasteiger partial charge on any atom is -0.506 e. The van der Waals surface area contributed by atoms with E-state index in [-0.39, 0.29) is 29.2 Å². The van der Waals surface area contributed by atoms with E-state index in [0.29, 0.717) is 39.9 Å². The Balaban J connectivity index is 0.000000175. The number of alkyl halides is 3. The average Bonchev–Trinajstić information content (AvgIpc) is 3.23. The average molecular weight is 819 g/mol. The molecule has 60 heavy (non-hydrogen) atoms. The van der Waals surface area contributed by atoms with Crippen molar-refractivity contribution in [2.75, 3.05) is 11.1 Å². The molecule has 5 N–H and O–H groups in total. The Kier molecular flexibility index (Phi) is 14.4. The van der Waals surface area contributed by atoms with Gasteiger partial charge in [-0.25, -0.2) is 8.78 Å². The molecule has 4 aromatic carbocycles. The molecule has 8 aromatic rings. The summed E-state index contributed by atoms with van der Waals surface area (Å²) in [4.78, 5) is 26.7. The second-order valence-electron chi connectivity index (χ2n) is 13.3. The van der Waals surface area contributed by atoms with E-state index in [1.807, 2.05) is 86.6 Å². The van der Waals surface area contributed by atoms with Crippen LogP contribution >= 0.6 is 0 Å². The molecular formula is C46H39F5N6O3. The van der Waals surface area contributed by atoms with E-state index in [0.717, 1.165) is 39.6 Å². The molecule has 14 heteroatoms. The number of nitrogens with one attached hydrogen (secondary N) is 1. The van der Waals surface area contributed by atoms with E-state index < -0.39 is 23.6 Å². The van der Waals surface area contributed by atoms with Gasteiger partial charge in [-0.05, 0) is 92.6 Å². The number of rotatable bonds is 5. The highest BCUT2D eigenvalue weighted by Gasteiger charge is 2.33. The van der Waals surface area contributed by atoms with Gasteiger partial charge in [0.1, 0.15) is 40.5 Å². The fraction of sp³-hybridized carbons (Fsp3) is 0.109. The number of fused-ring (bicyclic) bond motifs is 2. The van der Waals surface area contributed by atoms with E-state index in [9.17, 15) is 37.0 Å². The lowest BCUT2D eigenvalue weighted by atomic mass is 9.95. The molecule has 0 aliphatic carbocycles. The Morgan fingerprint density at radius 3 is 1.90 bits per heavy atom. The first-order chi connectivity index (χ1) is 28.6. The number of aromatic nitrogens is 4. The third-order valence-electron chi connectivity index (χ3n) is 8.82. The minimum absolute atomic E-state index is 0.0802. The number of carbonyl (C=O) groups excluding carboxylic acids is 1. The topological polar surface area (TPSA) is 147 Å². The molecule has 4 heterocycles. The number of aryl methyl sites for hydroxylation is 3. The van der Waals surface area contributed by atoms with Gasteiger partial charge in [0.15, 0.2) is 0 Å². The summed E-state index contributed by atoms with van der Waals surface area (Å²) in [5, 5.41) is 25.4. The third-order valence-corrected chi connectivity index (χ3v) is 8.82. The van der Waals surface area contributed by atoms with Crippen LogP contribution in [0.1, 0.15) is 50.0 Å². The van der Waals surface area contributed by atoms with Crippen molar-refractivity contribution in [3.8, 4) is 11.5 Å². The minimum atomic E-state index is -4.72. The molecule has 1 atom stereocenters. The zero-order chi connectivity index (χ0) is 43.4. The number of aromatic hydroxyl groups is 2. The first-order valence-electron chi connectivity index (χ1n) is 18.2. The zero-order valence-electron chi connectivity index (χ0n) is 32.5. The van der Waals surface area contributed by atoms with Gasteiger partial charge in [-0.3, -0.25) is 24.7 Å². The number of nitrogen functional groups attached to an aromatic ring is 1. The molecule has 0 bridgehead atoms. The SMILES string of the molecule is Cc1ccc(N)cn1.Cc1ccc(NC(c2ccc(C)c(F)c2)c2ccc3cccnc3c2O)cn1.O=Cc1ccc(C(F)(F)F)c(F)c1.Oc1cccc2cccnc12. The highest BCUT2D eigenvalue weighted by molar-refractivity contribution is 5.86. The summed E-state index contributed by atoms with van der Waals surface area (Å²) in [6.45, 7) is 5.57. The molecule has 0 amide bonds. The normalized spacial score (nSPS) is 11.2. The van der Waals surface area contributed by atoms with Gasteiger partial charge in [-0.15, -0.1) is 0 Å². The number of halogens is 5. The molecule has 0 aliphatic rings. The van der Waals surface area contributed by atoms with E-state index in [4.69, 9.17) is 5.73 Å². The number of phenols is 2. The van der Waals surface area contributed by atoms with Gasteiger partial charge in [0.2, 0.25) is 0 Å². The van der Waals surface area contributed by atoms with Crippen LogP contribution in [0, 0.1) is 32.4 Å². The Hall–Kier alpha value is -7.48. The second-order valence-corrected chi connectivity index (χ2v) is 13.3. The molecule has 0 radical (unpaired) electrons. The van der Waals surface area contributed by atoms with Gasteiger partial charge in [0, 0.05) is 45.7 Å². The van der Waals surface area contributed by atoms with Crippen LogP contribution in [-0.4, -0.2) is 36.4 Å². The lowest BCUT2D eigenvalue weighted by Gasteiger charge is -2.23. The molecule has 9 nitrogen and oxygen atoms in total. The fourth-order valence-electron chi connectivity index (χ4n) is 5.63. The summed E-state index contributed by atoms with van der Waals surface area (Å²) in [5.41, 5.74) is 10.4. The van der Waals surface area contributed by atoms with Crippen LogP contribution in [0.4, 0.5) is 33.3 Å². The summed E-state index contributed by atoms with van der Waals surface area (Å²) in [5.74, 6) is -1.40. The number of aldehydes is 1. The lowest BCUT2D eigenvalue weighted by molar-refractivity contribution is -0.140. The number of phenolic OH excluding ortho intramolecular Hbond substituents is 2. The van der Waals surface area contributed by atoms with Crippen molar-refractivity contribution in [1.29, 1.82) is 0 Å². The number of hydrogen-bond donors (Lipinski definition) is 4. The fourth-order valence-corrected chi connectivity index (χ4v) is 5.63. The van der Waals surface area contributed by atoms with Crippen LogP contribution in [0.15, 0.2) is 140 Å². The van der Waals surface area contributed by atoms with Gasteiger partial charge < -0.3 is 21.3 Å². The van der Waals surface area contributed by atoms with Crippen molar-refractivity contribution >= 4 is 39.5 Å². The van der Waals surface area contributed by atoms with Gasteiger partial charge in [0.05, 0.1) is 35.4 Å². The van der Waals surface area contributed by atoms with Crippen molar-refractivity contribution in [2.45, 2.75) is 33.0 Å². The van der Waals surface area contributed by atoms with Gasteiger partial charge in [-0.2, -0.15) is 13.2 Å². The molecule has 0 aliphatic heterocycles. The van der Waals surface area contributed by atoms with Crippen LogP contribution in [0.3, 0.4) is 0 Å². The maximum absolute atomic E-state index is 14.3. The third kappa shape index (κ3) is 11.6. The number of hydrogen-bond acceptors (Lipinski definition) is 9. The van der Waals surface area contributed by atoms with Crippen LogP contribution in [0.2, 0.25) is 0 Å². The Morgan fingerprint density at radius 2 is 1.33 bits per heavy atom. The lowest BCUT2D eigenvalue weighted by Crippen LogP contribution is -2.13. The van der Waals surface area contributed by atoms with Gasteiger partial charge in [-0.1, -0.05) is 54.6 Å². The molecule has 0 saturated heterocycles. The first kappa shape index (κ1) is 43.6. The Labute approximate surface area is 342 Å². The second kappa shape index (κ2) is 19.8. The number of carbonyl (C=O) groups is 1. The summed E-state index contributed by atoms with van der Waals surface area (Å²) in [7, 11) is 0. The predicted molar refractivity (Wildman–Crippen MR) is 223 cm³/mol. The van der Waals surface area contributed by atoms with Crippen LogP contribution in [0.5, 0.6) is 11.5 Å². The molecule has 0 fully saturated rings. The molecule has 8 rings (SSSR count). The van der Waals surface area contributed by atoms with E-state index in [1.165, 1.54) is 6.07 Å². The summed E-state index contributed by atoms with van der Waals surface area (Å²) < 4.78 is 62.8. The molecular weight excluding hydrogens is 780 g/mol. The maximum atomic E-state index is 14.3. The number of nitrogens with two attached hydrogens (primary N) is 1. The summed E-state index contributed by atoms with van der Waals surface area (Å²) >= 11 is 0. The van der Waals surface area contributed by atoms with Gasteiger partial charge >= 0.3 is 6.18 Å². The number of para-hydroxylation sites is 1. The van der Waals surface area contributed by atoms with E-state index >= 15 is 0 Å². The predicted octanol–water partition coefficient (Wildman–Crippen LogP) is 10.9. The smallest absolute Gasteiger partial charge is 0.419 e. The Morgan fingerprint density at radius 1 is 0.683 bits per heavy atom. The van der Waals surface area contributed by atoms with Crippen molar-refractivity contribution in [1.82, 2.24) is 19.9 Å². The molecule has 1 unspecified atom stereocenters. The number of nitrogens with zero attached hydrogens (tertiary/aromatic N) is 4. The summed E-state index contributed by atoms with van der Waals surface area (Å²) in [6.07, 6.45) is 2.25. The quantitative estimate of drug-likeness (QED) is 0.0984. The van der Waals surface area contributed by atoms with Crippen LogP contribution in [-0.2, 0) is 6.18 Å². The zero-order valence-corrected chi connectivity index (χ0v) is 32.5. The number of anilines is 2. The highest BCUT2D eigenvalue weighted by Crippen LogP contribution is 2.37. The van der Waals surface area contributed by atoms with Gasteiger partial charge in [0.25, 0.3) is 0 Å². The largest absolute Gasteiger partial charge is 0.506 e. The standard InChI is InChI=1S/C23H20FN3O.C9H7NO.C8H4F4O.C6H8N2/c1-14-5-7-17(12-20(14)24)21(27-18-9-6-15(2)26-13-18)19-10-8-16-4-3-11-25-22(16)23(19)28;11-8-5-1-3-7-4-2-6-10-9(7)8;9-7-3-5(4-13)1-2-6(7)8(10,11)12;1-5-2-3-6(7)4-8-5/h3-13,21,27-28H,1-2H3;1-6,11H;1-4H;2-4H,7H2,1H3. The van der Waals surface area contributed by atoms with Crippen molar-refractivity contribution < 1.29 is 37.0 Å². The first-order valence-corrected chi connectivity index (χ1v) is 18.2. The van der Waals surface area contributed by atoms with Crippen LogP contribution in [0.25, 0.3) is 21.8 Å². The maximum Gasteiger partial charge on any atom is 0.419 e. The van der Waals surface area contributed by atoms with Crippen molar-refractivity contribution in [3.05, 3.63) is 191 Å². The van der Waals surface area contributed by atoms with Crippen LogP contribution < -0.4 is 11.1 Å². The van der Waals surface area contributed by atoms with E-state index in [2.05, 4.69) is 25.3 Å². The molecule has 4 aromatic heterocycles. The highest BCUT2D eigenvalue weighted by atomic mass is 19.4. The molecule has 306 valence electrons.